The van der Waals surface area contributed by atoms with Gasteiger partial charge in [-0.15, -0.1) is 0 Å². The van der Waals surface area contributed by atoms with Crippen LogP contribution in [0.15, 0.2) is 24.3 Å². The monoisotopic (exact) mass is 217 g/mol. The molecule has 0 amide bonds. The van der Waals surface area contributed by atoms with Crippen molar-refractivity contribution in [3.05, 3.63) is 35.4 Å². The van der Waals surface area contributed by atoms with Crippen LogP contribution in [-0.2, 0) is 5.41 Å². The molecule has 1 fully saturated rings. The molecule has 0 aliphatic heterocycles. The lowest BCUT2D eigenvalue weighted by Crippen LogP contribution is -2.34. The van der Waals surface area contributed by atoms with Crippen LogP contribution in [0.1, 0.15) is 49.7 Å². The molecule has 0 aromatic heterocycles. The smallest absolute Gasteiger partial charge is 0.00756 e. The molecule has 0 bridgehead atoms. The first-order valence-electron chi connectivity index (χ1n) is 6.54. The Balaban J connectivity index is 2.31. The minimum Gasteiger partial charge on any atom is -0.330 e. The summed E-state index contributed by atoms with van der Waals surface area (Å²) in [5, 5.41) is 0. The van der Waals surface area contributed by atoms with Crippen molar-refractivity contribution in [1.29, 1.82) is 0 Å². The second-order valence-electron chi connectivity index (χ2n) is 5.27. The number of nitrogens with two attached hydrogens (primary N) is 1. The van der Waals surface area contributed by atoms with Gasteiger partial charge in [0.1, 0.15) is 0 Å². The number of hydrogen-bond acceptors (Lipinski definition) is 1. The van der Waals surface area contributed by atoms with E-state index in [0.717, 1.165) is 6.54 Å². The largest absolute Gasteiger partial charge is 0.330 e. The molecule has 2 N–H and O–H groups in total. The number of hydrogen-bond donors (Lipinski definition) is 1. The molecule has 1 aliphatic rings. The van der Waals surface area contributed by atoms with Crippen LogP contribution in [0, 0.1) is 6.92 Å². The van der Waals surface area contributed by atoms with Crippen molar-refractivity contribution < 1.29 is 0 Å². The van der Waals surface area contributed by atoms with Gasteiger partial charge in [-0.05, 0) is 25.3 Å². The zero-order valence-electron chi connectivity index (χ0n) is 10.3. The minimum absolute atomic E-state index is 0.266. The number of benzene rings is 1. The van der Waals surface area contributed by atoms with Crippen molar-refractivity contribution in [2.45, 2.75) is 50.9 Å². The standard InChI is InChI=1S/C15H23N/c1-13-7-6-8-14(11-13)15(12-16)9-4-2-3-5-10-15/h6-8,11H,2-5,9-10,12,16H2,1H3. The third kappa shape index (κ3) is 2.30. The maximum Gasteiger partial charge on any atom is 0.00756 e. The molecule has 1 aliphatic carbocycles. The Kier molecular flexibility index (Phi) is 3.65. The molecule has 2 rings (SSSR count). The van der Waals surface area contributed by atoms with Crippen LogP contribution >= 0.6 is 0 Å². The van der Waals surface area contributed by atoms with Gasteiger partial charge in [-0.25, -0.2) is 0 Å². The highest BCUT2D eigenvalue weighted by Gasteiger charge is 2.31. The molecule has 1 heteroatoms. The summed E-state index contributed by atoms with van der Waals surface area (Å²) in [5.41, 5.74) is 9.18. The van der Waals surface area contributed by atoms with Gasteiger partial charge in [0.2, 0.25) is 0 Å². The van der Waals surface area contributed by atoms with Crippen LogP contribution in [0.5, 0.6) is 0 Å². The highest BCUT2D eigenvalue weighted by atomic mass is 14.6. The van der Waals surface area contributed by atoms with Gasteiger partial charge in [0, 0.05) is 12.0 Å². The first kappa shape index (κ1) is 11.7. The predicted molar refractivity (Wildman–Crippen MR) is 69.6 cm³/mol. The summed E-state index contributed by atoms with van der Waals surface area (Å²) in [6.45, 7) is 2.97. The summed E-state index contributed by atoms with van der Waals surface area (Å²) in [5.74, 6) is 0. The van der Waals surface area contributed by atoms with Crippen LogP contribution in [0.3, 0.4) is 0 Å². The van der Waals surface area contributed by atoms with Gasteiger partial charge in [0.25, 0.3) is 0 Å². The second kappa shape index (κ2) is 5.01. The van der Waals surface area contributed by atoms with Gasteiger partial charge < -0.3 is 5.73 Å². The summed E-state index contributed by atoms with van der Waals surface area (Å²) in [4.78, 5) is 0. The van der Waals surface area contributed by atoms with Crippen LogP contribution in [0.2, 0.25) is 0 Å². The summed E-state index contributed by atoms with van der Waals surface area (Å²) < 4.78 is 0. The van der Waals surface area contributed by atoms with Crippen LogP contribution in [-0.4, -0.2) is 6.54 Å². The SMILES string of the molecule is Cc1cccc(C2(CN)CCCCCC2)c1. The van der Waals surface area contributed by atoms with E-state index in [0.29, 0.717) is 0 Å². The second-order valence-corrected chi connectivity index (χ2v) is 5.27. The molecule has 0 atom stereocenters. The van der Waals surface area contributed by atoms with Crippen LogP contribution in [0.4, 0.5) is 0 Å². The van der Waals surface area contributed by atoms with Gasteiger partial charge in [0.05, 0.1) is 0 Å². The van der Waals surface area contributed by atoms with E-state index in [2.05, 4.69) is 31.2 Å². The topological polar surface area (TPSA) is 26.0 Å². The molecule has 0 radical (unpaired) electrons. The lowest BCUT2D eigenvalue weighted by Gasteiger charge is -2.32. The molecule has 1 aromatic carbocycles. The zero-order valence-corrected chi connectivity index (χ0v) is 10.3. The Bertz CT molecular complexity index is 335. The van der Waals surface area contributed by atoms with Gasteiger partial charge in [0.15, 0.2) is 0 Å². The third-order valence-electron chi connectivity index (χ3n) is 4.08. The molecule has 0 heterocycles. The lowest BCUT2D eigenvalue weighted by atomic mass is 9.74. The number of aryl methyl sites for hydroxylation is 1. The molecular formula is C15H23N. The van der Waals surface area contributed by atoms with Crippen molar-refractivity contribution in [1.82, 2.24) is 0 Å². The van der Waals surface area contributed by atoms with Crippen molar-refractivity contribution in [2.24, 2.45) is 5.73 Å². The molecule has 0 spiro atoms. The third-order valence-corrected chi connectivity index (χ3v) is 4.08. The predicted octanol–water partition coefficient (Wildman–Crippen LogP) is 3.55. The number of rotatable bonds is 2. The lowest BCUT2D eigenvalue weighted by molar-refractivity contribution is 0.380. The molecule has 16 heavy (non-hydrogen) atoms. The highest BCUT2D eigenvalue weighted by molar-refractivity contribution is 5.30. The van der Waals surface area contributed by atoms with Crippen molar-refractivity contribution in [3.8, 4) is 0 Å². The van der Waals surface area contributed by atoms with Crippen molar-refractivity contribution in [2.75, 3.05) is 6.54 Å². The average Bonchev–Trinajstić information content (AvgIpc) is 2.55. The summed E-state index contributed by atoms with van der Waals surface area (Å²) in [7, 11) is 0. The van der Waals surface area contributed by atoms with E-state index in [1.54, 1.807) is 0 Å². The fourth-order valence-electron chi connectivity index (χ4n) is 2.99. The fraction of sp³-hybridized carbons (Fsp3) is 0.600. The first-order chi connectivity index (χ1) is 7.77. The average molecular weight is 217 g/mol. The van der Waals surface area contributed by atoms with E-state index in [9.17, 15) is 0 Å². The molecule has 1 aromatic rings. The van der Waals surface area contributed by atoms with E-state index in [1.165, 1.54) is 49.7 Å². The quantitative estimate of drug-likeness (QED) is 0.753. The van der Waals surface area contributed by atoms with Gasteiger partial charge in [-0.2, -0.15) is 0 Å². The molecule has 1 saturated carbocycles. The molecule has 0 saturated heterocycles. The minimum atomic E-state index is 0.266. The Morgan fingerprint density at radius 2 is 1.81 bits per heavy atom. The summed E-state index contributed by atoms with van der Waals surface area (Å²) >= 11 is 0. The van der Waals surface area contributed by atoms with Gasteiger partial charge in [-0.3, -0.25) is 0 Å². The van der Waals surface area contributed by atoms with E-state index < -0.39 is 0 Å². The molecule has 88 valence electrons. The zero-order chi connectivity index (χ0) is 11.4. The normalized spacial score (nSPS) is 20.4. The molecular weight excluding hydrogens is 194 g/mol. The molecule has 0 unspecified atom stereocenters. The van der Waals surface area contributed by atoms with E-state index in [4.69, 9.17) is 5.73 Å². The maximum atomic E-state index is 6.09. The van der Waals surface area contributed by atoms with Crippen molar-refractivity contribution in [3.63, 3.8) is 0 Å². The molecule has 1 nitrogen and oxygen atoms in total. The maximum absolute atomic E-state index is 6.09. The Labute approximate surface area is 99.0 Å². The van der Waals surface area contributed by atoms with Gasteiger partial charge >= 0.3 is 0 Å². The van der Waals surface area contributed by atoms with E-state index in [-0.39, 0.29) is 5.41 Å². The van der Waals surface area contributed by atoms with Gasteiger partial charge in [-0.1, -0.05) is 55.5 Å². The Morgan fingerprint density at radius 1 is 1.12 bits per heavy atom. The first-order valence-corrected chi connectivity index (χ1v) is 6.54. The Hall–Kier alpha value is -0.820. The van der Waals surface area contributed by atoms with Crippen LogP contribution in [0.25, 0.3) is 0 Å². The van der Waals surface area contributed by atoms with Crippen molar-refractivity contribution >= 4 is 0 Å². The van der Waals surface area contributed by atoms with E-state index >= 15 is 0 Å². The van der Waals surface area contributed by atoms with Crippen LogP contribution < -0.4 is 5.73 Å². The summed E-state index contributed by atoms with van der Waals surface area (Å²) in [6.07, 6.45) is 7.98. The van der Waals surface area contributed by atoms with E-state index in [1.807, 2.05) is 0 Å². The fourth-order valence-corrected chi connectivity index (χ4v) is 2.99. The summed E-state index contributed by atoms with van der Waals surface area (Å²) in [6, 6.07) is 8.95. The Morgan fingerprint density at radius 3 is 2.38 bits per heavy atom. The highest BCUT2D eigenvalue weighted by Crippen LogP contribution is 2.37.